The largest absolute Gasteiger partial charge is 0.356 e. The molecular weight excluding hydrogens is 277 g/mol. The van der Waals surface area contributed by atoms with Gasteiger partial charge in [-0.2, -0.15) is 0 Å². The number of amides is 1. The van der Waals surface area contributed by atoms with Crippen LogP contribution in [-0.4, -0.2) is 12.5 Å². The summed E-state index contributed by atoms with van der Waals surface area (Å²) in [5.74, 6) is -0.0548. The van der Waals surface area contributed by atoms with E-state index in [2.05, 4.69) is 19.2 Å². The van der Waals surface area contributed by atoms with Crippen LogP contribution < -0.4 is 5.32 Å². The molecule has 112 valence electrons. The maximum atomic E-state index is 13.6. The minimum absolute atomic E-state index is 0.0627. The van der Waals surface area contributed by atoms with Crippen LogP contribution in [0.25, 0.3) is 0 Å². The number of halogens is 2. The van der Waals surface area contributed by atoms with Crippen molar-refractivity contribution >= 4 is 17.5 Å². The van der Waals surface area contributed by atoms with Crippen LogP contribution in [0.15, 0.2) is 18.2 Å². The zero-order valence-corrected chi connectivity index (χ0v) is 13.0. The van der Waals surface area contributed by atoms with Gasteiger partial charge in [0, 0.05) is 11.6 Å². The monoisotopic (exact) mass is 299 g/mol. The van der Waals surface area contributed by atoms with Gasteiger partial charge >= 0.3 is 0 Å². The van der Waals surface area contributed by atoms with Crippen molar-refractivity contribution in [2.45, 2.75) is 46.0 Å². The predicted octanol–water partition coefficient (Wildman–Crippen LogP) is 4.35. The first kappa shape index (κ1) is 17.0. The van der Waals surface area contributed by atoms with Gasteiger partial charge in [-0.1, -0.05) is 50.8 Å². The molecule has 0 aliphatic rings. The molecule has 0 aliphatic heterocycles. The molecule has 0 fully saturated rings. The SMILES string of the molecule is CCCC[C@H](CC)CNC(=O)Cc1ccc(Cl)cc1F. The van der Waals surface area contributed by atoms with E-state index in [4.69, 9.17) is 11.6 Å². The second-order valence-electron chi connectivity index (χ2n) is 5.13. The molecule has 1 aromatic carbocycles. The van der Waals surface area contributed by atoms with Crippen molar-refractivity contribution in [3.05, 3.63) is 34.6 Å². The molecule has 0 saturated carbocycles. The number of benzene rings is 1. The van der Waals surface area contributed by atoms with E-state index in [1.54, 1.807) is 12.1 Å². The van der Waals surface area contributed by atoms with E-state index >= 15 is 0 Å². The van der Waals surface area contributed by atoms with Crippen molar-refractivity contribution in [2.75, 3.05) is 6.54 Å². The normalized spacial score (nSPS) is 12.2. The number of hydrogen-bond acceptors (Lipinski definition) is 1. The van der Waals surface area contributed by atoms with Gasteiger partial charge in [-0.25, -0.2) is 4.39 Å². The zero-order chi connectivity index (χ0) is 15.0. The van der Waals surface area contributed by atoms with Crippen LogP contribution in [0.4, 0.5) is 4.39 Å². The molecule has 0 spiro atoms. The first-order chi connectivity index (χ1) is 9.56. The van der Waals surface area contributed by atoms with E-state index in [1.807, 2.05) is 0 Å². The molecule has 1 N–H and O–H groups in total. The van der Waals surface area contributed by atoms with Crippen LogP contribution in [0.5, 0.6) is 0 Å². The van der Waals surface area contributed by atoms with Gasteiger partial charge < -0.3 is 5.32 Å². The predicted molar refractivity (Wildman–Crippen MR) is 81.4 cm³/mol. The quantitative estimate of drug-likeness (QED) is 0.759. The highest BCUT2D eigenvalue weighted by Gasteiger charge is 2.11. The Hall–Kier alpha value is -1.09. The highest BCUT2D eigenvalue weighted by Crippen LogP contribution is 2.15. The molecule has 1 aromatic rings. The van der Waals surface area contributed by atoms with E-state index in [9.17, 15) is 9.18 Å². The number of unbranched alkanes of at least 4 members (excludes halogenated alkanes) is 1. The van der Waals surface area contributed by atoms with Gasteiger partial charge in [0.15, 0.2) is 0 Å². The first-order valence-corrected chi connectivity index (χ1v) is 7.65. The maximum absolute atomic E-state index is 13.6. The third-order valence-electron chi connectivity index (χ3n) is 3.50. The molecule has 1 rings (SSSR count). The molecule has 0 radical (unpaired) electrons. The van der Waals surface area contributed by atoms with Gasteiger partial charge in [-0.05, 0) is 30.0 Å². The Bertz CT molecular complexity index is 436. The van der Waals surface area contributed by atoms with E-state index < -0.39 is 5.82 Å². The summed E-state index contributed by atoms with van der Waals surface area (Å²) >= 11 is 5.68. The summed E-state index contributed by atoms with van der Waals surface area (Å²) in [4.78, 5) is 11.8. The summed E-state index contributed by atoms with van der Waals surface area (Å²) in [5.41, 5.74) is 0.383. The van der Waals surface area contributed by atoms with Crippen LogP contribution in [0, 0.1) is 11.7 Å². The lowest BCUT2D eigenvalue weighted by Crippen LogP contribution is -2.30. The Morgan fingerprint density at radius 2 is 2.15 bits per heavy atom. The summed E-state index contributed by atoms with van der Waals surface area (Å²) in [7, 11) is 0. The summed E-state index contributed by atoms with van der Waals surface area (Å²) in [5, 5.41) is 3.24. The van der Waals surface area contributed by atoms with Gasteiger partial charge in [0.2, 0.25) is 5.91 Å². The fraction of sp³-hybridized carbons (Fsp3) is 0.562. The van der Waals surface area contributed by atoms with Crippen molar-refractivity contribution in [3.8, 4) is 0 Å². The Balaban J connectivity index is 2.43. The van der Waals surface area contributed by atoms with Crippen molar-refractivity contribution < 1.29 is 9.18 Å². The Morgan fingerprint density at radius 1 is 1.40 bits per heavy atom. The van der Waals surface area contributed by atoms with Gasteiger partial charge in [0.05, 0.1) is 6.42 Å². The smallest absolute Gasteiger partial charge is 0.224 e. The molecule has 0 unspecified atom stereocenters. The van der Waals surface area contributed by atoms with Crippen molar-refractivity contribution in [2.24, 2.45) is 5.92 Å². The molecule has 2 nitrogen and oxygen atoms in total. The molecule has 1 amide bonds. The number of nitrogens with one attached hydrogen (secondary N) is 1. The average molecular weight is 300 g/mol. The highest BCUT2D eigenvalue weighted by molar-refractivity contribution is 6.30. The lowest BCUT2D eigenvalue weighted by molar-refractivity contribution is -0.120. The minimum Gasteiger partial charge on any atom is -0.356 e. The number of carbonyl (C=O) groups is 1. The second kappa shape index (κ2) is 8.96. The molecular formula is C16H23ClFNO. The topological polar surface area (TPSA) is 29.1 Å². The van der Waals surface area contributed by atoms with Gasteiger partial charge in [-0.15, -0.1) is 0 Å². The van der Waals surface area contributed by atoms with Crippen molar-refractivity contribution in [1.82, 2.24) is 5.32 Å². The fourth-order valence-corrected chi connectivity index (χ4v) is 2.26. The first-order valence-electron chi connectivity index (χ1n) is 7.27. The summed E-state index contributed by atoms with van der Waals surface area (Å²) in [6.45, 7) is 4.96. The minimum atomic E-state index is -0.425. The standard InChI is InChI=1S/C16H23ClFNO/c1-3-5-6-12(4-2)11-19-16(20)9-13-7-8-14(17)10-15(13)18/h7-8,10,12H,3-6,9,11H2,1-2H3,(H,19,20)/t12-/m0/s1. The van der Waals surface area contributed by atoms with E-state index in [-0.39, 0.29) is 12.3 Å². The lowest BCUT2D eigenvalue weighted by Gasteiger charge is -2.15. The van der Waals surface area contributed by atoms with Crippen LogP contribution >= 0.6 is 11.6 Å². The maximum Gasteiger partial charge on any atom is 0.224 e. The molecule has 0 aliphatic carbocycles. The highest BCUT2D eigenvalue weighted by atomic mass is 35.5. The lowest BCUT2D eigenvalue weighted by atomic mass is 9.99. The Morgan fingerprint density at radius 3 is 2.75 bits per heavy atom. The number of rotatable bonds is 8. The van der Waals surface area contributed by atoms with Crippen LogP contribution in [0.2, 0.25) is 5.02 Å². The summed E-state index contributed by atoms with van der Waals surface area (Å²) in [6, 6.07) is 4.40. The van der Waals surface area contributed by atoms with E-state index in [0.717, 1.165) is 12.8 Å². The zero-order valence-electron chi connectivity index (χ0n) is 12.2. The number of carbonyl (C=O) groups excluding carboxylic acids is 1. The van der Waals surface area contributed by atoms with Gasteiger partial charge in [0.1, 0.15) is 5.82 Å². The summed E-state index contributed by atoms with van der Waals surface area (Å²) in [6.07, 6.45) is 4.59. The van der Waals surface area contributed by atoms with Crippen LogP contribution in [0.3, 0.4) is 0 Å². The molecule has 0 saturated heterocycles. The number of hydrogen-bond donors (Lipinski definition) is 1. The third kappa shape index (κ3) is 5.91. The Labute approximate surface area is 125 Å². The molecule has 0 bridgehead atoms. The van der Waals surface area contributed by atoms with Crippen LogP contribution in [0.1, 0.15) is 45.1 Å². The second-order valence-corrected chi connectivity index (χ2v) is 5.57. The average Bonchev–Trinajstić information content (AvgIpc) is 2.42. The molecule has 4 heteroatoms. The van der Waals surface area contributed by atoms with E-state index in [0.29, 0.717) is 23.0 Å². The van der Waals surface area contributed by atoms with Crippen LogP contribution in [-0.2, 0) is 11.2 Å². The van der Waals surface area contributed by atoms with Gasteiger partial charge in [0.25, 0.3) is 0 Å². The molecule has 0 aromatic heterocycles. The fourth-order valence-electron chi connectivity index (χ4n) is 2.10. The van der Waals surface area contributed by atoms with Gasteiger partial charge in [-0.3, -0.25) is 4.79 Å². The molecule has 20 heavy (non-hydrogen) atoms. The summed E-state index contributed by atoms with van der Waals surface area (Å²) < 4.78 is 13.6. The molecule has 0 heterocycles. The third-order valence-corrected chi connectivity index (χ3v) is 3.73. The van der Waals surface area contributed by atoms with E-state index in [1.165, 1.54) is 18.9 Å². The van der Waals surface area contributed by atoms with Crippen molar-refractivity contribution in [3.63, 3.8) is 0 Å². The molecule has 1 atom stereocenters. The van der Waals surface area contributed by atoms with Crippen molar-refractivity contribution in [1.29, 1.82) is 0 Å². The Kier molecular flexibility index (Phi) is 7.60.